The van der Waals surface area contributed by atoms with E-state index in [-0.39, 0.29) is 11.4 Å². The molecule has 1 rings (SSSR count). The van der Waals surface area contributed by atoms with Crippen LogP contribution < -0.4 is 4.74 Å². The van der Waals surface area contributed by atoms with Crippen LogP contribution in [0.1, 0.15) is 15.9 Å². The molecule has 1 aromatic rings. The second-order valence-corrected chi connectivity index (χ2v) is 2.92. The largest absolute Gasteiger partial charge is 0.495 e. The number of carbonyl (C=O) groups is 1. The third-order valence-corrected chi connectivity index (χ3v) is 1.87. The Balaban J connectivity index is 3.19. The number of hydrogen-bond donors (Lipinski definition) is 1. The summed E-state index contributed by atoms with van der Waals surface area (Å²) in [6, 6.07) is 4.50. The zero-order chi connectivity index (χ0) is 11.3. The Morgan fingerprint density at radius 3 is 2.87 bits per heavy atom. The Hall–Kier alpha value is -1.66. The van der Waals surface area contributed by atoms with Crippen LogP contribution in [0, 0.1) is 11.8 Å². The van der Waals surface area contributed by atoms with Crippen molar-refractivity contribution in [2.45, 2.75) is 0 Å². The van der Waals surface area contributed by atoms with Crippen LogP contribution >= 0.6 is 11.6 Å². The van der Waals surface area contributed by atoms with Crippen LogP contribution in [-0.4, -0.2) is 24.1 Å². The van der Waals surface area contributed by atoms with Gasteiger partial charge in [0.15, 0.2) is 0 Å². The van der Waals surface area contributed by atoms with Crippen LogP contribution in [0.15, 0.2) is 18.2 Å². The molecule has 1 aromatic carbocycles. The monoisotopic (exact) mass is 224 g/mol. The lowest BCUT2D eigenvalue weighted by molar-refractivity contribution is 0.0697. The van der Waals surface area contributed by atoms with Crippen molar-refractivity contribution in [2.24, 2.45) is 0 Å². The van der Waals surface area contributed by atoms with Gasteiger partial charge in [-0.25, -0.2) is 4.79 Å². The molecule has 0 heterocycles. The summed E-state index contributed by atoms with van der Waals surface area (Å²) in [6.07, 6.45) is 0. The van der Waals surface area contributed by atoms with E-state index in [0.717, 1.165) is 0 Å². The van der Waals surface area contributed by atoms with Crippen LogP contribution in [0.2, 0.25) is 0 Å². The third-order valence-electron chi connectivity index (χ3n) is 1.74. The average molecular weight is 225 g/mol. The number of ether oxygens (including phenoxy) is 1. The number of carboxylic acid groups (broad SMARTS) is 1. The lowest BCUT2D eigenvalue weighted by atomic mass is 10.1. The highest BCUT2D eigenvalue weighted by molar-refractivity contribution is 6.19. The Bertz CT molecular complexity index is 429. The lowest BCUT2D eigenvalue weighted by Gasteiger charge is -2.03. The Kier molecular flexibility index (Phi) is 4.02. The minimum Gasteiger partial charge on any atom is -0.495 e. The number of halogens is 1. The smallest absolute Gasteiger partial charge is 0.335 e. The molecule has 0 spiro atoms. The lowest BCUT2D eigenvalue weighted by Crippen LogP contribution is -1.98. The number of methoxy groups -OCH3 is 1. The number of alkyl halides is 1. The fourth-order valence-corrected chi connectivity index (χ4v) is 1.13. The van der Waals surface area contributed by atoms with E-state index < -0.39 is 5.97 Å². The van der Waals surface area contributed by atoms with E-state index in [0.29, 0.717) is 11.3 Å². The van der Waals surface area contributed by atoms with Gasteiger partial charge in [0.2, 0.25) is 0 Å². The van der Waals surface area contributed by atoms with Gasteiger partial charge in [-0.2, -0.15) is 0 Å². The zero-order valence-corrected chi connectivity index (χ0v) is 8.84. The van der Waals surface area contributed by atoms with Crippen molar-refractivity contribution in [3.63, 3.8) is 0 Å². The molecule has 0 aliphatic carbocycles. The first kappa shape index (κ1) is 11.4. The standard InChI is InChI=1S/C11H9ClO3/c1-15-10-5-4-9(11(13)14)7-8(10)3-2-6-12/h4-5,7H,6H2,1H3,(H,13,14). The SMILES string of the molecule is COc1ccc(C(=O)O)cc1C#CCCl. The molecule has 15 heavy (non-hydrogen) atoms. The van der Waals surface area contributed by atoms with E-state index in [4.69, 9.17) is 21.4 Å². The molecule has 0 aliphatic rings. The molecule has 0 amide bonds. The molecule has 1 N–H and O–H groups in total. The predicted octanol–water partition coefficient (Wildman–Crippen LogP) is 1.98. The van der Waals surface area contributed by atoms with Crippen molar-refractivity contribution in [1.82, 2.24) is 0 Å². The van der Waals surface area contributed by atoms with Crippen LogP contribution in [0.25, 0.3) is 0 Å². The van der Waals surface area contributed by atoms with Crippen LogP contribution in [-0.2, 0) is 0 Å². The van der Waals surface area contributed by atoms with Gasteiger partial charge in [0, 0.05) is 0 Å². The zero-order valence-electron chi connectivity index (χ0n) is 8.08. The number of aromatic carboxylic acids is 1. The van der Waals surface area contributed by atoms with Crippen molar-refractivity contribution in [2.75, 3.05) is 13.0 Å². The molecular formula is C11H9ClO3. The van der Waals surface area contributed by atoms with Gasteiger partial charge in [0.25, 0.3) is 0 Å². The van der Waals surface area contributed by atoms with Gasteiger partial charge in [0.1, 0.15) is 5.75 Å². The summed E-state index contributed by atoms with van der Waals surface area (Å²) < 4.78 is 5.04. The molecule has 0 atom stereocenters. The predicted molar refractivity (Wildman–Crippen MR) is 57.6 cm³/mol. The molecule has 0 radical (unpaired) electrons. The highest BCUT2D eigenvalue weighted by Crippen LogP contribution is 2.18. The van der Waals surface area contributed by atoms with Crippen LogP contribution in [0.5, 0.6) is 5.75 Å². The van der Waals surface area contributed by atoms with E-state index in [2.05, 4.69) is 11.8 Å². The maximum Gasteiger partial charge on any atom is 0.335 e. The normalized spacial score (nSPS) is 8.93. The van der Waals surface area contributed by atoms with Crippen LogP contribution in [0.3, 0.4) is 0 Å². The summed E-state index contributed by atoms with van der Waals surface area (Å²) in [6.45, 7) is 0. The third kappa shape index (κ3) is 2.90. The fourth-order valence-electron chi connectivity index (χ4n) is 1.07. The first-order valence-corrected chi connectivity index (χ1v) is 4.68. The maximum absolute atomic E-state index is 10.7. The summed E-state index contributed by atoms with van der Waals surface area (Å²) >= 11 is 5.42. The molecule has 4 heteroatoms. The molecule has 0 saturated carbocycles. The average Bonchev–Trinajstić information content (AvgIpc) is 2.25. The molecule has 0 unspecified atom stereocenters. The summed E-state index contributed by atoms with van der Waals surface area (Å²) in [5, 5.41) is 8.78. The Labute approximate surface area is 92.6 Å². The number of carboxylic acids is 1. The molecule has 78 valence electrons. The molecule has 3 nitrogen and oxygen atoms in total. The maximum atomic E-state index is 10.7. The number of hydrogen-bond acceptors (Lipinski definition) is 2. The highest BCUT2D eigenvalue weighted by atomic mass is 35.5. The van der Waals surface area contributed by atoms with Crippen LogP contribution in [0.4, 0.5) is 0 Å². The topological polar surface area (TPSA) is 46.5 Å². The minimum absolute atomic E-state index is 0.176. The van der Waals surface area contributed by atoms with Crippen molar-refractivity contribution in [3.05, 3.63) is 29.3 Å². The summed E-state index contributed by atoms with van der Waals surface area (Å²) in [4.78, 5) is 10.7. The molecule has 0 bridgehead atoms. The fraction of sp³-hybridized carbons (Fsp3) is 0.182. The van der Waals surface area contributed by atoms with E-state index >= 15 is 0 Å². The number of benzene rings is 1. The van der Waals surface area contributed by atoms with Crippen molar-refractivity contribution in [3.8, 4) is 17.6 Å². The summed E-state index contributed by atoms with van der Waals surface area (Å²) in [7, 11) is 1.50. The highest BCUT2D eigenvalue weighted by Gasteiger charge is 2.06. The van der Waals surface area contributed by atoms with Crippen molar-refractivity contribution >= 4 is 17.6 Å². The van der Waals surface area contributed by atoms with E-state index in [1.807, 2.05) is 0 Å². The second-order valence-electron chi connectivity index (χ2n) is 2.66. The van der Waals surface area contributed by atoms with Gasteiger partial charge in [-0.3, -0.25) is 0 Å². The molecule has 0 saturated heterocycles. The van der Waals surface area contributed by atoms with Crippen molar-refractivity contribution in [1.29, 1.82) is 0 Å². The summed E-state index contributed by atoms with van der Waals surface area (Å²) in [5.41, 5.74) is 0.702. The van der Waals surface area contributed by atoms with Gasteiger partial charge in [-0.05, 0) is 18.2 Å². The second kappa shape index (κ2) is 5.28. The van der Waals surface area contributed by atoms with Gasteiger partial charge >= 0.3 is 5.97 Å². The molecule has 0 aromatic heterocycles. The number of rotatable bonds is 2. The summed E-state index contributed by atoms with van der Waals surface area (Å²) in [5.74, 6) is 5.13. The van der Waals surface area contributed by atoms with Gasteiger partial charge in [0.05, 0.1) is 24.1 Å². The Morgan fingerprint density at radius 1 is 1.60 bits per heavy atom. The van der Waals surface area contributed by atoms with Gasteiger partial charge in [-0.1, -0.05) is 11.8 Å². The van der Waals surface area contributed by atoms with E-state index in [9.17, 15) is 4.79 Å². The van der Waals surface area contributed by atoms with E-state index in [1.54, 1.807) is 6.07 Å². The first-order chi connectivity index (χ1) is 7.19. The van der Waals surface area contributed by atoms with Gasteiger partial charge < -0.3 is 9.84 Å². The van der Waals surface area contributed by atoms with Gasteiger partial charge in [-0.15, -0.1) is 11.6 Å². The molecular weight excluding hydrogens is 216 g/mol. The Morgan fingerprint density at radius 2 is 2.33 bits per heavy atom. The molecule has 0 aliphatic heterocycles. The molecule has 0 fully saturated rings. The minimum atomic E-state index is -0.994. The van der Waals surface area contributed by atoms with Crippen molar-refractivity contribution < 1.29 is 14.6 Å². The van der Waals surface area contributed by atoms with E-state index in [1.165, 1.54) is 19.2 Å². The first-order valence-electron chi connectivity index (χ1n) is 4.15. The quantitative estimate of drug-likeness (QED) is 0.617.